The number of hydrogen-bond acceptors (Lipinski definition) is 5. The summed E-state index contributed by atoms with van der Waals surface area (Å²) in [5.41, 5.74) is 3.56. The molecule has 0 saturated carbocycles. The summed E-state index contributed by atoms with van der Waals surface area (Å²) in [6.07, 6.45) is 5.16. The Bertz CT molecular complexity index is 651. The minimum absolute atomic E-state index is 0.678. The van der Waals surface area contributed by atoms with E-state index < -0.39 is 0 Å². The lowest BCUT2D eigenvalue weighted by Gasteiger charge is -2.00. The van der Waals surface area contributed by atoms with Crippen molar-refractivity contribution < 1.29 is 9.05 Å². The molecular weight excluding hydrogens is 230 g/mol. The van der Waals surface area contributed by atoms with Gasteiger partial charge in [0.2, 0.25) is 0 Å². The van der Waals surface area contributed by atoms with Gasteiger partial charge in [0, 0.05) is 18.0 Å². The second kappa shape index (κ2) is 4.10. The fourth-order valence-electron chi connectivity index (χ4n) is 1.96. The minimum atomic E-state index is 0.678. The maximum Gasteiger partial charge on any atom is 0.180 e. The highest BCUT2D eigenvalue weighted by molar-refractivity contribution is 5.80. The van der Waals surface area contributed by atoms with Gasteiger partial charge in [0.1, 0.15) is 5.76 Å². The molecule has 0 unspecified atom stereocenters. The van der Waals surface area contributed by atoms with Crippen LogP contribution in [0.25, 0.3) is 22.5 Å². The molecular formula is C13H11N3O2. The molecule has 3 rings (SSSR count). The fraction of sp³-hybridized carbons (Fsp3) is 0.154. The van der Waals surface area contributed by atoms with E-state index in [0.29, 0.717) is 5.76 Å². The molecule has 0 spiro atoms. The Morgan fingerprint density at radius 3 is 2.50 bits per heavy atom. The molecule has 0 saturated heterocycles. The van der Waals surface area contributed by atoms with Crippen molar-refractivity contribution in [2.24, 2.45) is 0 Å². The number of rotatable bonds is 2. The van der Waals surface area contributed by atoms with E-state index in [1.54, 1.807) is 18.6 Å². The molecule has 5 heteroatoms. The third-order valence-corrected chi connectivity index (χ3v) is 2.82. The predicted octanol–water partition coefficient (Wildman–Crippen LogP) is 3.01. The molecule has 18 heavy (non-hydrogen) atoms. The molecule has 0 bridgehead atoms. The van der Waals surface area contributed by atoms with Crippen molar-refractivity contribution in [3.8, 4) is 22.5 Å². The molecule has 0 aliphatic heterocycles. The normalized spacial score (nSPS) is 10.8. The van der Waals surface area contributed by atoms with Gasteiger partial charge in [-0.3, -0.25) is 4.98 Å². The van der Waals surface area contributed by atoms with Crippen LogP contribution in [-0.2, 0) is 0 Å². The van der Waals surface area contributed by atoms with Gasteiger partial charge in [-0.1, -0.05) is 10.3 Å². The number of pyridine rings is 1. The van der Waals surface area contributed by atoms with E-state index in [1.807, 2.05) is 26.0 Å². The van der Waals surface area contributed by atoms with Crippen LogP contribution in [-0.4, -0.2) is 15.3 Å². The van der Waals surface area contributed by atoms with Crippen molar-refractivity contribution in [1.29, 1.82) is 0 Å². The number of hydrogen-bond donors (Lipinski definition) is 0. The fourth-order valence-corrected chi connectivity index (χ4v) is 1.96. The summed E-state index contributed by atoms with van der Waals surface area (Å²) in [6, 6.07) is 3.82. The Kier molecular flexibility index (Phi) is 2.44. The van der Waals surface area contributed by atoms with Crippen molar-refractivity contribution in [2.45, 2.75) is 13.8 Å². The van der Waals surface area contributed by atoms with Crippen LogP contribution in [0.3, 0.4) is 0 Å². The lowest BCUT2D eigenvalue weighted by molar-refractivity contribution is 0.392. The summed E-state index contributed by atoms with van der Waals surface area (Å²) in [5, 5.41) is 7.80. The molecule has 0 N–H and O–H groups in total. The first-order chi connectivity index (χ1) is 8.77. The van der Waals surface area contributed by atoms with Crippen molar-refractivity contribution >= 4 is 0 Å². The minimum Gasteiger partial charge on any atom is -0.361 e. The van der Waals surface area contributed by atoms with Crippen LogP contribution in [0, 0.1) is 13.8 Å². The molecule has 0 aromatic carbocycles. The van der Waals surface area contributed by atoms with E-state index in [2.05, 4.69) is 15.3 Å². The van der Waals surface area contributed by atoms with Crippen LogP contribution < -0.4 is 0 Å². The van der Waals surface area contributed by atoms with Crippen LogP contribution in [0.4, 0.5) is 0 Å². The highest BCUT2D eigenvalue weighted by Crippen LogP contribution is 2.35. The van der Waals surface area contributed by atoms with E-state index >= 15 is 0 Å². The zero-order valence-electron chi connectivity index (χ0n) is 10.0. The molecule has 3 aromatic rings. The standard InChI is InChI=1S/C13H11N3O2/c1-8-12(9(2)17-16-8)13-11(7-15-18-13)10-3-5-14-6-4-10/h3-7H,1-2H3. The van der Waals surface area contributed by atoms with Gasteiger partial charge in [0.25, 0.3) is 0 Å². The Balaban J connectivity index is 2.19. The molecule has 0 aliphatic rings. The molecule has 0 amide bonds. The molecule has 0 atom stereocenters. The topological polar surface area (TPSA) is 65.0 Å². The molecule has 3 heterocycles. The van der Waals surface area contributed by atoms with Gasteiger partial charge in [-0.15, -0.1) is 0 Å². The zero-order valence-corrected chi connectivity index (χ0v) is 10.0. The van der Waals surface area contributed by atoms with Gasteiger partial charge in [-0.2, -0.15) is 0 Å². The average Bonchev–Trinajstić information content (AvgIpc) is 2.97. The second-order valence-corrected chi connectivity index (χ2v) is 4.00. The molecule has 3 aromatic heterocycles. The molecule has 0 radical (unpaired) electrons. The molecule has 0 aliphatic carbocycles. The van der Waals surface area contributed by atoms with E-state index in [4.69, 9.17) is 9.05 Å². The molecule has 5 nitrogen and oxygen atoms in total. The smallest absolute Gasteiger partial charge is 0.180 e. The summed E-state index contributed by atoms with van der Waals surface area (Å²) in [6.45, 7) is 3.73. The highest BCUT2D eigenvalue weighted by Gasteiger charge is 2.20. The zero-order chi connectivity index (χ0) is 12.5. The van der Waals surface area contributed by atoms with Gasteiger partial charge >= 0.3 is 0 Å². The first-order valence-corrected chi connectivity index (χ1v) is 5.55. The Hall–Kier alpha value is -2.43. The number of aryl methyl sites for hydroxylation is 2. The summed E-state index contributed by atoms with van der Waals surface area (Å²) < 4.78 is 10.5. The van der Waals surface area contributed by atoms with Crippen molar-refractivity contribution in [3.05, 3.63) is 42.2 Å². The SMILES string of the molecule is Cc1noc(C)c1-c1oncc1-c1ccncc1. The predicted molar refractivity (Wildman–Crippen MR) is 64.7 cm³/mol. The average molecular weight is 241 g/mol. The van der Waals surface area contributed by atoms with Gasteiger partial charge in [-0.25, -0.2) is 0 Å². The van der Waals surface area contributed by atoms with Crippen LogP contribution in [0.1, 0.15) is 11.5 Å². The summed E-state index contributed by atoms with van der Waals surface area (Å²) in [5.74, 6) is 1.40. The number of nitrogens with zero attached hydrogens (tertiary/aromatic N) is 3. The van der Waals surface area contributed by atoms with Crippen LogP contribution in [0.2, 0.25) is 0 Å². The Morgan fingerprint density at radius 1 is 1.06 bits per heavy atom. The van der Waals surface area contributed by atoms with Crippen molar-refractivity contribution in [1.82, 2.24) is 15.3 Å². The lowest BCUT2D eigenvalue weighted by atomic mass is 10.0. The number of aromatic nitrogens is 3. The Morgan fingerprint density at radius 2 is 1.83 bits per heavy atom. The monoisotopic (exact) mass is 241 g/mol. The van der Waals surface area contributed by atoms with Gasteiger partial charge in [-0.05, 0) is 31.5 Å². The largest absolute Gasteiger partial charge is 0.361 e. The van der Waals surface area contributed by atoms with Gasteiger partial charge in [0.15, 0.2) is 5.76 Å². The van der Waals surface area contributed by atoms with Gasteiger partial charge in [0.05, 0.1) is 17.5 Å². The van der Waals surface area contributed by atoms with E-state index in [-0.39, 0.29) is 0 Å². The van der Waals surface area contributed by atoms with Crippen LogP contribution >= 0.6 is 0 Å². The third kappa shape index (κ3) is 1.60. The first-order valence-electron chi connectivity index (χ1n) is 5.55. The van der Waals surface area contributed by atoms with E-state index in [9.17, 15) is 0 Å². The third-order valence-electron chi connectivity index (χ3n) is 2.82. The molecule has 0 fully saturated rings. The lowest BCUT2D eigenvalue weighted by Crippen LogP contribution is -1.83. The second-order valence-electron chi connectivity index (χ2n) is 4.00. The summed E-state index contributed by atoms with van der Waals surface area (Å²) in [4.78, 5) is 4.00. The Labute approximate surface area is 103 Å². The van der Waals surface area contributed by atoms with Crippen LogP contribution in [0.5, 0.6) is 0 Å². The van der Waals surface area contributed by atoms with Crippen LogP contribution in [0.15, 0.2) is 39.8 Å². The van der Waals surface area contributed by atoms with E-state index in [1.165, 1.54) is 0 Å². The summed E-state index contributed by atoms with van der Waals surface area (Å²) in [7, 11) is 0. The summed E-state index contributed by atoms with van der Waals surface area (Å²) >= 11 is 0. The van der Waals surface area contributed by atoms with Crippen molar-refractivity contribution in [2.75, 3.05) is 0 Å². The van der Waals surface area contributed by atoms with Gasteiger partial charge < -0.3 is 9.05 Å². The molecule has 90 valence electrons. The maximum absolute atomic E-state index is 5.35. The van der Waals surface area contributed by atoms with E-state index in [0.717, 1.165) is 28.1 Å². The maximum atomic E-state index is 5.35. The highest BCUT2D eigenvalue weighted by atomic mass is 16.5. The quantitative estimate of drug-likeness (QED) is 0.690. The van der Waals surface area contributed by atoms with Crippen molar-refractivity contribution in [3.63, 3.8) is 0 Å². The first kappa shape index (κ1) is 10.7.